The van der Waals surface area contributed by atoms with E-state index in [-0.39, 0.29) is 5.91 Å². The maximum Gasteiger partial charge on any atom is 0.257 e. The molecule has 1 aliphatic rings. The number of hydrogen-bond donors (Lipinski definition) is 1. The van der Waals surface area contributed by atoms with Crippen molar-refractivity contribution in [2.24, 2.45) is 0 Å². The molecule has 1 aromatic rings. The molecular formula is C11H14N4O2. The Morgan fingerprint density at radius 2 is 2.06 bits per heavy atom. The molecule has 0 radical (unpaired) electrons. The van der Waals surface area contributed by atoms with Crippen LogP contribution in [0.15, 0.2) is 18.5 Å². The van der Waals surface area contributed by atoms with Crippen molar-refractivity contribution in [1.29, 1.82) is 0 Å². The van der Waals surface area contributed by atoms with Crippen LogP contribution in [-0.4, -0.2) is 53.3 Å². The molecule has 0 unspecified atom stereocenters. The summed E-state index contributed by atoms with van der Waals surface area (Å²) in [6.45, 7) is 2.20. The lowest BCUT2D eigenvalue weighted by Crippen LogP contribution is -2.48. The SMILES string of the molecule is Nc1ccncc1C(=O)N1CCN(C=O)CC1. The molecule has 17 heavy (non-hydrogen) atoms. The molecule has 0 aromatic carbocycles. The summed E-state index contributed by atoms with van der Waals surface area (Å²) in [7, 11) is 0. The van der Waals surface area contributed by atoms with Crippen molar-refractivity contribution in [2.45, 2.75) is 0 Å². The molecule has 2 amide bonds. The van der Waals surface area contributed by atoms with Crippen LogP contribution in [0.1, 0.15) is 10.4 Å². The average molecular weight is 234 g/mol. The third kappa shape index (κ3) is 2.35. The first-order valence-corrected chi connectivity index (χ1v) is 5.40. The lowest BCUT2D eigenvalue weighted by Gasteiger charge is -2.32. The Morgan fingerprint density at radius 3 is 2.65 bits per heavy atom. The molecule has 6 heteroatoms. The second-order valence-corrected chi connectivity index (χ2v) is 3.90. The normalized spacial score (nSPS) is 15.8. The maximum atomic E-state index is 12.1. The van der Waals surface area contributed by atoms with Gasteiger partial charge >= 0.3 is 0 Å². The summed E-state index contributed by atoms with van der Waals surface area (Å²) in [5.41, 5.74) is 6.58. The number of hydrogen-bond acceptors (Lipinski definition) is 4. The van der Waals surface area contributed by atoms with Crippen LogP contribution in [0.25, 0.3) is 0 Å². The number of rotatable bonds is 2. The van der Waals surface area contributed by atoms with Gasteiger partial charge in [-0.2, -0.15) is 0 Å². The van der Waals surface area contributed by atoms with Gasteiger partial charge in [-0.05, 0) is 6.07 Å². The zero-order valence-electron chi connectivity index (χ0n) is 9.37. The van der Waals surface area contributed by atoms with Crippen LogP contribution in [-0.2, 0) is 4.79 Å². The van der Waals surface area contributed by atoms with E-state index in [1.807, 2.05) is 0 Å². The minimum atomic E-state index is -0.124. The van der Waals surface area contributed by atoms with Gasteiger partial charge in [-0.15, -0.1) is 0 Å². The van der Waals surface area contributed by atoms with Gasteiger partial charge in [0.25, 0.3) is 5.91 Å². The largest absolute Gasteiger partial charge is 0.398 e. The van der Waals surface area contributed by atoms with E-state index in [0.717, 1.165) is 6.41 Å². The van der Waals surface area contributed by atoms with Crippen molar-refractivity contribution in [3.63, 3.8) is 0 Å². The average Bonchev–Trinajstić information content (AvgIpc) is 2.39. The second-order valence-electron chi connectivity index (χ2n) is 3.90. The highest BCUT2D eigenvalue weighted by Crippen LogP contribution is 2.13. The fourth-order valence-electron chi connectivity index (χ4n) is 1.78. The highest BCUT2D eigenvalue weighted by atomic mass is 16.2. The number of nitrogens with zero attached hydrogens (tertiary/aromatic N) is 3. The zero-order chi connectivity index (χ0) is 12.3. The monoisotopic (exact) mass is 234 g/mol. The Bertz CT molecular complexity index is 427. The summed E-state index contributed by atoms with van der Waals surface area (Å²) in [6, 6.07) is 1.61. The van der Waals surface area contributed by atoms with E-state index in [0.29, 0.717) is 37.4 Å². The van der Waals surface area contributed by atoms with Crippen molar-refractivity contribution in [3.05, 3.63) is 24.0 Å². The highest BCUT2D eigenvalue weighted by Gasteiger charge is 2.22. The summed E-state index contributed by atoms with van der Waals surface area (Å²) in [6.07, 6.45) is 3.83. The summed E-state index contributed by atoms with van der Waals surface area (Å²) < 4.78 is 0. The van der Waals surface area contributed by atoms with Crippen LogP contribution in [0.3, 0.4) is 0 Å². The third-order valence-electron chi connectivity index (χ3n) is 2.84. The standard InChI is InChI=1S/C11H14N4O2/c12-10-1-2-13-7-9(10)11(17)15-5-3-14(8-16)4-6-15/h1-2,7-8H,3-6H2,(H2,12,13). The van der Waals surface area contributed by atoms with Gasteiger partial charge in [0.15, 0.2) is 0 Å². The molecule has 0 saturated carbocycles. The van der Waals surface area contributed by atoms with E-state index >= 15 is 0 Å². The van der Waals surface area contributed by atoms with E-state index in [1.54, 1.807) is 22.1 Å². The number of anilines is 1. The Hall–Kier alpha value is -2.11. The molecule has 0 spiro atoms. The molecule has 1 aromatic heterocycles. The first-order chi connectivity index (χ1) is 8.22. The number of nitrogen functional groups attached to an aromatic ring is 1. The quantitative estimate of drug-likeness (QED) is 0.705. The first kappa shape index (κ1) is 11.4. The minimum absolute atomic E-state index is 0.124. The van der Waals surface area contributed by atoms with Crippen LogP contribution in [0.2, 0.25) is 0 Å². The Balaban J connectivity index is 2.07. The summed E-state index contributed by atoms with van der Waals surface area (Å²) >= 11 is 0. The van der Waals surface area contributed by atoms with E-state index in [1.165, 1.54) is 6.20 Å². The number of nitrogens with two attached hydrogens (primary N) is 1. The molecule has 1 fully saturated rings. The van der Waals surface area contributed by atoms with E-state index in [2.05, 4.69) is 4.98 Å². The number of aromatic nitrogens is 1. The summed E-state index contributed by atoms with van der Waals surface area (Å²) in [5, 5.41) is 0. The Morgan fingerprint density at radius 1 is 1.35 bits per heavy atom. The summed E-state index contributed by atoms with van der Waals surface area (Å²) in [5.74, 6) is -0.124. The Kier molecular flexibility index (Phi) is 3.22. The number of pyridine rings is 1. The van der Waals surface area contributed by atoms with Crippen LogP contribution in [0.4, 0.5) is 5.69 Å². The number of carbonyl (C=O) groups is 2. The highest BCUT2D eigenvalue weighted by molar-refractivity contribution is 5.98. The van der Waals surface area contributed by atoms with Crippen LogP contribution in [0.5, 0.6) is 0 Å². The smallest absolute Gasteiger partial charge is 0.257 e. The van der Waals surface area contributed by atoms with Gasteiger partial charge in [0.05, 0.1) is 5.56 Å². The maximum absolute atomic E-state index is 12.1. The number of amides is 2. The molecule has 90 valence electrons. The molecule has 2 rings (SSSR count). The van der Waals surface area contributed by atoms with Gasteiger partial charge in [-0.3, -0.25) is 14.6 Å². The van der Waals surface area contributed by atoms with Gasteiger partial charge in [-0.1, -0.05) is 0 Å². The van der Waals surface area contributed by atoms with E-state index in [4.69, 9.17) is 5.73 Å². The van der Waals surface area contributed by atoms with Crippen LogP contribution < -0.4 is 5.73 Å². The molecule has 2 heterocycles. The lowest BCUT2D eigenvalue weighted by molar-refractivity contribution is -0.119. The van der Waals surface area contributed by atoms with Crippen molar-refractivity contribution < 1.29 is 9.59 Å². The topological polar surface area (TPSA) is 79.5 Å². The number of piperazine rings is 1. The fraction of sp³-hybridized carbons (Fsp3) is 0.364. The van der Waals surface area contributed by atoms with Crippen molar-refractivity contribution >= 4 is 18.0 Å². The fourth-order valence-corrected chi connectivity index (χ4v) is 1.78. The van der Waals surface area contributed by atoms with Crippen molar-refractivity contribution in [1.82, 2.24) is 14.8 Å². The van der Waals surface area contributed by atoms with Crippen LogP contribution in [0, 0.1) is 0 Å². The zero-order valence-corrected chi connectivity index (χ0v) is 9.37. The predicted octanol–water partition coefficient (Wildman–Crippen LogP) is -0.422. The molecule has 2 N–H and O–H groups in total. The van der Waals surface area contributed by atoms with E-state index < -0.39 is 0 Å². The van der Waals surface area contributed by atoms with Crippen LogP contribution >= 0.6 is 0 Å². The molecule has 0 aliphatic carbocycles. The molecular weight excluding hydrogens is 220 g/mol. The van der Waals surface area contributed by atoms with Gasteiger partial charge in [0, 0.05) is 44.3 Å². The van der Waals surface area contributed by atoms with Gasteiger partial charge in [0.2, 0.25) is 6.41 Å². The van der Waals surface area contributed by atoms with Gasteiger partial charge in [0.1, 0.15) is 0 Å². The second kappa shape index (κ2) is 4.82. The summed E-state index contributed by atoms with van der Waals surface area (Å²) in [4.78, 5) is 29.9. The third-order valence-corrected chi connectivity index (χ3v) is 2.84. The van der Waals surface area contributed by atoms with Crippen molar-refractivity contribution in [2.75, 3.05) is 31.9 Å². The molecule has 1 saturated heterocycles. The minimum Gasteiger partial charge on any atom is -0.398 e. The predicted molar refractivity (Wildman–Crippen MR) is 62.2 cm³/mol. The van der Waals surface area contributed by atoms with E-state index in [9.17, 15) is 9.59 Å². The molecule has 6 nitrogen and oxygen atoms in total. The number of carbonyl (C=O) groups excluding carboxylic acids is 2. The molecule has 0 atom stereocenters. The first-order valence-electron chi connectivity index (χ1n) is 5.40. The molecule has 0 bridgehead atoms. The van der Waals surface area contributed by atoms with Gasteiger partial charge in [-0.25, -0.2) is 0 Å². The van der Waals surface area contributed by atoms with Crippen molar-refractivity contribution in [3.8, 4) is 0 Å². The Labute approximate surface area is 99.0 Å². The van der Waals surface area contributed by atoms with Gasteiger partial charge < -0.3 is 15.5 Å². The molecule has 1 aliphatic heterocycles. The lowest BCUT2D eigenvalue weighted by atomic mass is 10.2.